The molecule has 0 amide bonds. The topological polar surface area (TPSA) is 68.6 Å². The second kappa shape index (κ2) is 7.57. The molecule has 5 nitrogen and oxygen atoms in total. The van der Waals surface area contributed by atoms with Crippen LogP contribution in [-0.2, 0) is 0 Å². The van der Waals surface area contributed by atoms with Gasteiger partial charge in [-0.25, -0.2) is 0 Å². The van der Waals surface area contributed by atoms with Crippen LogP contribution in [0.3, 0.4) is 0 Å². The summed E-state index contributed by atoms with van der Waals surface area (Å²) in [5.41, 5.74) is 1.72. The average molecular weight is 279 g/mol. The quantitative estimate of drug-likeness (QED) is 0.752. The van der Waals surface area contributed by atoms with Gasteiger partial charge in [0.05, 0.1) is 18.0 Å². The third kappa shape index (κ3) is 3.91. The number of hydrogen-bond acceptors (Lipinski definition) is 5. The Labute approximate surface area is 120 Å². The molecule has 0 aromatic carbocycles. The first-order valence-corrected chi connectivity index (χ1v) is 7.49. The van der Waals surface area contributed by atoms with Crippen molar-refractivity contribution in [2.45, 2.75) is 38.4 Å². The van der Waals surface area contributed by atoms with E-state index in [1.807, 2.05) is 19.2 Å². The van der Waals surface area contributed by atoms with Crippen LogP contribution in [0.15, 0.2) is 18.5 Å². The largest absolute Gasteiger partial charge is 0.390 e. The maximum absolute atomic E-state index is 10.2. The summed E-state index contributed by atoms with van der Waals surface area (Å²) in [5, 5.41) is 23.5. The smallest absolute Gasteiger partial charge is 0.106 e. The van der Waals surface area contributed by atoms with Gasteiger partial charge in [0.15, 0.2) is 0 Å². The molecule has 2 atom stereocenters. The van der Waals surface area contributed by atoms with E-state index in [0.717, 1.165) is 44.7 Å². The van der Waals surface area contributed by atoms with Crippen molar-refractivity contribution in [3.05, 3.63) is 24.0 Å². The summed E-state index contributed by atoms with van der Waals surface area (Å²) in [7, 11) is 0. The number of anilines is 1. The summed E-state index contributed by atoms with van der Waals surface area (Å²) >= 11 is 0. The Bertz CT molecular complexity index is 406. The van der Waals surface area contributed by atoms with Crippen LogP contribution in [-0.4, -0.2) is 47.5 Å². The molecule has 1 aliphatic rings. The lowest BCUT2D eigenvalue weighted by atomic mass is 10.0. The molecule has 0 spiro atoms. The molecule has 1 aromatic heterocycles. The van der Waals surface area contributed by atoms with Gasteiger partial charge in [0.2, 0.25) is 0 Å². The van der Waals surface area contributed by atoms with Gasteiger partial charge in [-0.05, 0) is 25.5 Å². The molecule has 112 valence electrons. The van der Waals surface area contributed by atoms with Crippen molar-refractivity contribution >= 4 is 5.69 Å². The molecular weight excluding hydrogens is 254 g/mol. The molecule has 1 fully saturated rings. The number of nitrogens with one attached hydrogen (secondary N) is 1. The molecule has 1 aromatic rings. The molecule has 2 unspecified atom stereocenters. The Kier molecular flexibility index (Phi) is 5.76. The number of hydrogen-bond donors (Lipinski definition) is 3. The fraction of sp³-hybridized carbons (Fsp3) is 0.667. The van der Waals surface area contributed by atoms with Crippen LogP contribution in [0.4, 0.5) is 5.69 Å². The minimum absolute atomic E-state index is 0.596. The first kappa shape index (κ1) is 15.2. The van der Waals surface area contributed by atoms with Gasteiger partial charge in [0.25, 0.3) is 0 Å². The van der Waals surface area contributed by atoms with Gasteiger partial charge in [-0.3, -0.25) is 4.98 Å². The van der Waals surface area contributed by atoms with Crippen molar-refractivity contribution in [3.8, 4) is 0 Å². The second-order valence-electron chi connectivity index (χ2n) is 5.37. The van der Waals surface area contributed by atoms with Crippen LogP contribution in [0.1, 0.15) is 37.9 Å². The van der Waals surface area contributed by atoms with E-state index < -0.39 is 12.2 Å². The Hall–Kier alpha value is -1.17. The highest BCUT2D eigenvalue weighted by Crippen LogP contribution is 2.23. The van der Waals surface area contributed by atoms with Crippen LogP contribution in [0.5, 0.6) is 0 Å². The van der Waals surface area contributed by atoms with Gasteiger partial charge in [0.1, 0.15) is 6.10 Å². The molecule has 1 saturated heterocycles. The van der Waals surface area contributed by atoms with Crippen molar-refractivity contribution in [1.29, 1.82) is 0 Å². The van der Waals surface area contributed by atoms with E-state index in [1.54, 1.807) is 6.20 Å². The van der Waals surface area contributed by atoms with E-state index in [-0.39, 0.29) is 0 Å². The predicted molar refractivity (Wildman–Crippen MR) is 79.8 cm³/mol. The Morgan fingerprint density at radius 3 is 2.95 bits per heavy atom. The van der Waals surface area contributed by atoms with Crippen LogP contribution >= 0.6 is 0 Å². The Morgan fingerprint density at radius 1 is 1.30 bits per heavy atom. The number of pyridine rings is 1. The number of nitrogens with zero attached hydrogens (tertiary/aromatic N) is 2. The number of aliphatic hydroxyl groups excluding tert-OH is 2. The van der Waals surface area contributed by atoms with Crippen molar-refractivity contribution in [3.63, 3.8) is 0 Å². The number of aliphatic hydroxyl groups is 2. The average Bonchev–Trinajstić information content (AvgIpc) is 2.76. The summed E-state index contributed by atoms with van der Waals surface area (Å²) in [5.74, 6) is 0. The van der Waals surface area contributed by atoms with E-state index in [2.05, 4.69) is 15.2 Å². The maximum Gasteiger partial charge on any atom is 0.106 e. The highest BCUT2D eigenvalue weighted by Gasteiger charge is 2.19. The molecule has 0 radical (unpaired) electrons. The third-order valence-electron chi connectivity index (χ3n) is 3.74. The van der Waals surface area contributed by atoms with Crippen LogP contribution < -0.4 is 10.2 Å². The maximum atomic E-state index is 10.2. The molecular formula is C15H25N3O2. The fourth-order valence-electron chi connectivity index (χ4n) is 2.56. The molecule has 0 aliphatic carbocycles. The molecule has 1 aliphatic heterocycles. The first-order valence-electron chi connectivity index (χ1n) is 7.49. The zero-order chi connectivity index (χ0) is 14.4. The van der Waals surface area contributed by atoms with Crippen molar-refractivity contribution < 1.29 is 10.2 Å². The van der Waals surface area contributed by atoms with E-state index in [9.17, 15) is 10.2 Å². The van der Waals surface area contributed by atoms with Crippen LogP contribution in [0.2, 0.25) is 0 Å². The fourth-order valence-corrected chi connectivity index (χ4v) is 2.56. The lowest BCUT2D eigenvalue weighted by Gasteiger charge is -2.24. The van der Waals surface area contributed by atoms with Gasteiger partial charge in [-0.15, -0.1) is 0 Å². The highest BCUT2D eigenvalue weighted by atomic mass is 16.3. The summed E-state index contributed by atoms with van der Waals surface area (Å²) in [6.07, 6.45) is 4.44. The standard InChI is InChI=1S/C15H25N3O2/c1-2-4-14(19)15(20)12-9-13(11-17-10-12)18-7-3-5-16-6-8-18/h9-11,14-16,19-20H,2-8H2,1H3. The van der Waals surface area contributed by atoms with Crippen molar-refractivity contribution in [2.75, 3.05) is 31.1 Å². The van der Waals surface area contributed by atoms with Gasteiger partial charge >= 0.3 is 0 Å². The first-order chi connectivity index (χ1) is 9.72. The minimum atomic E-state index is -0.854. The van der Waals surface area contributed by atoms with Crippen LogP contribution in [0.25, 0.3) is 0 Å². The Balaban J connectivity index is 2.10. The Morgan fingerprint density at radius 2 is 2.15 bits per heavy atom. The minimum Gasteiger partial charge on any atom is -0.390 e. The monoisotopic (exact) mass is 279 g/mol. The van der Waals surface area contributed by atoms with E-state index in [0.29, 0.717) is 12.0 Å². The molecule has 0 bridgehead atoms. The molecule has 2 rings (SSSR count). The highest BCUT2D eigenvalue weighted by molar-refractivity contribution is 5.46. The second-order valence-corrected chi connectivity index (χ2v) is 5.37. The van der Waals surface area contributed by atoms with Gasteiger partial charge in [-0.1, -0.05) is 13.3 Å². The molecule has 5 heteroatoms. The SMILES string of the molecule is CCCC(O)C(O)c1cncc(N2CCCNCC2)c1. The molecule has 2 heterocycles. The van der Waals surface area contributed by atoms with Crippen molar-refractivity contribution in [1.82, 2.24) is 10.3 Å². The molecule has 3 N–H and O–H groups in total. The lowest BCUT2D eigenvalue weighted by molar-refractivity contribution is 0.0129. The molecule has 20 heavy (non-hydrogen) atoms. The van der Waals surface area contributed by atoms with Gasteiger partial charge < -0.3 is 20.4 Å². The zero-order valence-corrected chi connectivity index (χ0v) is 12.1. The normalized spacial score (nSPS) is 19.4. The number of rotatable bonds is 5. The van der Waals surface area contributed by atoms with Gasteiger partial charge in [0, 0.05) is 31.4 Å². The summed E-state index contributed by atoms with van der Waals surface area (Å²) in [6, 6.07) is 1.95. The third-order valence-corrected chi connectivity index (χ3v) is 3.74. The summed E-state index contributed by atoms with van der Waals surface area (Å²) < 4.78 is 0. The summed E-state index contributed by atoms with van der Waals surface area (Å²) in [6.45, 7) is 5.94. The predicted octanol–water partition coefficient (Wildman–Crippen LogP) is 1.08. The van der Waals surface area contributed by atoms with E-state index in [4.69, 9.17) is 0 Å². The van der Waals surface area contributed by atoms with E-state index in [1.165, 1.54) is 0 Å². The van der Waals surface area contributed by atoms with Crippen molar-refractivity contribution in [2.24, 2.45) is 0 Å². The summed E-state index contributed by atoms with van der Waals surface area (Å²) in [4.78, 5) is 6.49. The van der Waals surface area contributed by atoms with E-state index >= 15 is 0 Å². The van der Waals surface area contributed by atoms with Crippen LogP contribution in [0, 0.1) is 0 Å². The lowest BCUT2D eigenvalue weighted by Crippen LogP contribution is -2.28. The molecule has 0 saturated carbocycles. The zero-order valence-electron chi connectivity index (χ0n) is 12.1. The number of aromatic nitrogens is 1. The van der Waals surface area contributed by atoms with Gasteiger partial charge in [-0.2, -0.15) is 0 Å².